The summed E-state index contributed by atoms with van der Waals surface area (Å²) in [6.07, 6.45) is -0.0487. The van der Waals surface area contributed by atoms with Crippen LogP contribution in [0.2, 0.25) is 0 Å². The fourth-order valence-corrected chi connectivity index (χ4v) is 4.50. The highest BCUT2D eigenvalue weighted by Gasteiger charge is 2.42. The maximum Gasteiger partial charge on any atom is 0.536 e. The molecule has 2 aromatic carbocycles. The minimum atomic E-state index is -2.96. The Bertz CT molecular complexity index is 655. The first-order chi connectivity index (χ1) is 10.9. The van der Waals surface area contributed by atoms with Gasteiger partial charge in [0.05, 0.1) is 0 Å². The number of hydrogen-bond acceptors (Lipinski definition) is 3. The van der Waals surface area contributed by atoms with E-state index in [2.05, 4.69) is 0 Å². The Labute approximate surface area is 136 Å². The largest absolute Gasteiger partial charge is 0.536 e. The molecule has 3 nitrogen and oxygen atoms in total. The summed E-state index contributed by atoms with van der Waals surface area (Å²) < 4.78 is 43.4. The molecular formula is C17H20F2O3Si. The van der Waals surface area contributed by atoms with Crippen molar-refractivity contribution in [1.29, 1.82) is 0 Å². The summed E-state index contributed by atoms with van der Waals surface area (Å²) in [6, 6.07) is 11.1. The molecule has 2 aromatic rings. The van der Waals surface area contributed by atoms with E-state index in [1.165, 1.54) is 12.1 Å². The molecule has 6 heteroatoms. The van der Waals surface area contributed by atoms with Crippen molar-refractivity contribution in [3.8, 4) is 11.1 Å². The summed E-state index contributed by atoms with van der Waals surface area (Å²) in [5.41, 5.74) is 1.37. The van der Waals surface area contributed by atoms with Gasteiger partial charge in [-0.25, -0.2) is 8.78 Å². The van der Waals surface area contributed by atoms with Crippen molar-refractivity contribution < 1.29 is 22.1 Å². The third kappa shape index (κ3) is 3.84. The molecule has 0 heterocycles. The predicted octanol–water partition coefficient (Wildman–Crippen LogP) is 3.50. The number of halogens is 2. The number of rotatable bonds is 6. The Morgan fingerprint density at radius 1 is 0.826 bits per heavy atom. The number of hydrogen-bond donors (Lipinski definition) is 0. The van der Waals surface area contributed by atoms with Crippen LogP contribution in [0.4, 0.5) is 8.78 Å². The minimum Gasteiger partial charge on any atom is -0.373 e. The van der Waals surface area contributed by atoms with Crippen LogP contribution in [-0.2, 0) is 13.3 Å². The molecule has 0 aromatic heterocycles. The fourth-order valence-electron chi connectivity index (χ4n) is 2.34. The Hall–Kier alpha value is -1.60. The first kappa shape index (κ1) is 17.7. The van der Waals surface area contributed by atoms with E-state index in [9.17, 15) is 8.78 Å². The van der Waals surface area contributed by atoms with Gasteiger partial charge >= 0.3 is 8.80 Å². The van der Waals surface area contributed by atoms with Crippen molar-refractivity contribution in [2.45, 2.75) is 20.0 Å². The van der Waals surface area contributed by atoms with Crippen LogP contribution in [0.5, 0.6) is 0 Å². The second-order valence-corrected chi connectivity index (χ2v) is 8.08. The second-order valence-electron chi connectivity index (χ2n) is 5.34. The molecule has 124 valence electrons. The summed E-state index contributed by atoms with van der Waals surface area (Å²) in [7, 11) is 0.153. The average molecular weight is 338 g/mol. The molecule has 0 unspecified atom stereocenters. The van der Waals surface area contributed by atoms with Crippen molar-refractivity contribution in [3.05, 3.63) is 54.1 Å². The average Bonchev–Trinajstić information content (AvgIpc) is 2.55. The van der Waals surface area contributed by atoms with Crippen LogP contribution in [0.15, 0.2) is 42.5 Å². The molecule has 0 saturated carbocycles. The maximum atomic E-state index is 13.4. The molecule has 0 N–H and O–H groups in total. The van der Waals surface area contributed by atoms with Crippen molar-refractivity contribution in [1.82, 2.24) is 0 Å². The SMILES string of the molecule is CO[Si](OC)(OC(C)C)c1ccc(-c2ccc(F)c(F)c2)cc1. The monoisotopic (exact) mass is 338 g/mol. The zero-order valence-electron chi connectivity index (χ0n) is 13.6. The second kappa shape index (κ2) is 7.31. The normalized spacial score (nSPS) is 12.0. The summed E-state index contributed by atoms with van der Waals surface area (Å²) in [4.78, 5) is 0. The lowest BCUT2D eigenvalue weighted by atomic mass is 10.1. The fraction of sp³-hybridized carbons (Fsp3) is 0.294. The third-order valence-electron chi connectivity index (χ3n) is 3.42. The molecule has 0 bridgehead atoms. The van der Waals surface area contributed by atoms with E-state index < -0.39 is 20.4 Å². The highest BCUT2D eigenvalue weighted by Crippen LogP contribution is 2.22. The molecule has 0 aliphatic carbocycles. The molecule has 0 amide bonds. The van der Waals surface area contributed by atoms with Crippen LogP contribution >= 0.6 is 0 Å². The van der Waals surface area contributed by atoms with Gasteiger partial charge in [0.1, 0.15) is 0 Å². The van der Waals surface area contributed by atoms with Gasteiger partial charge in [0.25, 0.3) is 0 Å². The molecule has 0 aliphatic rings. The minimum absolute atomic E-state index is 0.0487. The molecule has 0 fully saturated rings. The lowest BCUT2D eigenvalue weighted by molar-refractivity contribution is 0.0838. The van der Waals surface area contributed by atoms with E-state index in [1.807, 2.05) is 38.1 Å². The van der Waals surface area contributed by atoms with Crippen LogP contribution in [-0.4, -0.2) is 29.1 Å². The van der Waals surface area contributed by atoms with Gasteiger partial charge < -0.3 is 13.3 Å². The van der Waals surface area contributed by atoms with E-state index in [4.69, 9.17) is 13.3 Å². The van der Waals surface area contributed by atoms with E-state index in [-0.39, 0.29) is 6.10 Å². The molecule has 2 rings (SSSR count). The predicted molar refractivity (Wildman–Crippen MR) is 87.4 cm³/mol. The molecule has 23 heavy (non-hydrogen) atoms. The Balaban J connectivity index is 2.35. The van der Waals surface area contributed by atoms with Gasteiger partial charge in [0, 0.05) is 25.5 Å². The van der Waals surface area contributed by atoms with Gasteiger partial charge in [-0.3, -0.25) is 0 Å². The molecule has 0 aliphatic heterocycles. The van der Waals surface area contributed by atoms with Crippen molar-refractivity contribution >= 4 is 14.0 Å². The Morgan fingerprint density at radius 2 is 1.39 bits per heavy atom. The molecular weight excluding hydrogens is 318 g/mol. The lowest BCUT2D eigenvalue weighted by Crippen LogP contribution is -2.56. The lowest BCUT2D eigenvalue weighted by Gasteiger charge is -2.28. The van der Waals surface area contributed by atoms with Gasteiger partial charge in [-0.15, -0.1) is 0 Å². The van der Waals surface area contributed by atoms with Crippen molar-refractivity contribution in [3.63, 3.8) is 0 Å². The molecule has 0 spiro atoms. The van der Waals surface area contributed by atoms with Gasteiger partial charge in [-0.1, -0.05) is 30.3 Å². The van der Waals surface area contributed by atoms with Gasteiger partial charge in [0.15, 0.2) is 11.6 Å². The molecule has 0 atom stereocenters. The zero-order chi connectivity index (χ0) is 17.0. The first-order valence-corrected chi connectivity index (χ1v) is 8.98. The maximum absolute atomic E-state index is 13.4. The third-order valence-corrected chi connectivity index (χ3v) is 6.32. The number of benzene rings is 2. The van der Waals surface area contributed by atoms with E-state index in [0.29, 0.717) is 5.56 Å². The summed E-state index contributed by atoms with van der Waals surface area (Å²) in [6.45, 7) is 3.82. The Kier molecular flexibility index (Phi) is 5.64. The first-order valence-electron chi connectivity index (χ1n) is 7.26. The van der Waals surface area contributed by atoms with E-state index in [1.54, 1.807) is 14.2 Å². The van der Waals surface area contributed by atoms with Crippen LogP contribution in [0.25, 0.3) is 11.1 Å². The molecule has 0 saturated heterocycles. The van der Waals surface area contributed by atoms with E-state index >= 15 is 0 Å². The molecule has 0 radical (unpaired) electrons. The van der Waals surface area contributed by atoms with Crippen LogP contribution < -0.4 is 5.19 Å². The van der Waals surface area contributed by atoms with Crippen LogP contribution in [0, 0.1) is 11.6 Å². The summed E-state index contributed by atoms with van der Waals surface area (Å²) in [5.74, 6) is -1.73. The van der Waals surface area contributed by atoms with Crippen LogP contribution in [0.1, 0.15) is 13.8 Å². The quantitative estimate of drug-likeness (QED) is 0.755. The Morgan fingerprint density at radius 3 is 1.87 bits per heavy atom. The topological polar surface area (TPSA) is 27.7 Å². The van der Waals surface area contributed by atoms with Gasteiger partial charge in [-0.2, -0.15) is 0 Å². The summed E-state index contributed by atoms with van der Waals surface area (Å²) in [5, 5.41) is 0.808. The smallest absolute Gasteiger partial charge is 0.373 e. The zero-order valence-corrected chi connectivity index (χ0v) is 14.6. The van der Waals surface area contributed by atoms with E-state index in [0.717, 1.165) is 16.8 Å². The van der Waals surface area contributed by atoms with Crippen molar-refractivity contribution in [2.75, 3.05) is 14.2 Å². The van der Waals surface area contributed by atoms with Crippen molar-refractivity contribution in [2.24, 2.45) is 0 Å². The highest BCUT2D eigenvalue weighted by molar-refractivity contribution is 6.75. The van der Waals surface area contributed by atoms with Gasteiger partial charge in [0.2, 0.25) is 0 Å². The highest BCUT2D eigenvalue weighted by atomic mass is 28.4. The van der Waals surface area contributed by atoms with Crippen LogP contribution in [0.3, 0.4) is 0 Å². The standard InChI is InChI=1S/C17H20F2O3Si/c1-12(2)22-23(20-3,21-4)15-8-5-13(6-9-15)14-7-10-16(18)17(19)11-14/h5-12H,1-4H3. The van der Waals surface area contributed by atoms with Gasteiger partial charge in [-0.05, 0) is 37.1 Å². The summed E-state index contributed by atoms with van der Waals surface area (Å²) >= 11 is 0.